The van der Waals surface area contributed by atoms with Crippen LogP contribution in [0.1, 0.15) is 0 Å². The molecule has 0 saturated carbocycles. The van der Waals surface area contributed by atoms with E-state index < -0.39 is 16.7 Å². The van der Waals surface area contributed by atoms with Gasteiger partial charge in [-0.05, 0) is 6.07 Å². The van der Waals surface area contributed by atoms with Crippen LogP contribution in [0.4, 0.5) is 11.4 Å². The van der Waals surface area contributed by atoms with Crippen molar-refractivity contribution in [2.75, 3.05) is 18.5 Å². The molecule has 0 aliphatic carbocycles. The number of nitro groups is 1. The predicted molar refractivity (Wildman–Crippen MR) is 78.6 cm³/mol. The molecule has 22 heavy (non-hydrogen) atoms. The normalized spacial score (nSPS) is 14.3. The molecule has 2 rings (SSSR count). The van der Waals surface area contributed by atoms with Crippen LogP contribution in [0.25, 0.3) is 0 Å². The van der Waals surface area contributed by atoms with E-state index in [1.165, 1.54) is 6.07 Å². The topological polar surface area (TPSA) is 113 Å². The first-order chi connectivity index (χ1) is 10.3. The number of anilines is 1. The van der Waals surface area contributed by atoms with Gasteiger partial charge in [0, 0.05) is 12.1 Å². The fraction of sp³-hybridized carbons (Fsp3) is 0.167. The van der Waals surface area contributed by atoms with E-state index in [1.54, 1.807) is 0 Å². The second kappa shape index (κ2) is 6.30. The van der Waals surface area contributed by atoms with E-state index >= 15 is 0 Å². The highest BCUT2D eigenvalue weighted by Gasteiger charge is 2.31. The highest BCUT2D eigenvalue weighted by atomic mass is 35.5. The van der Waals surface area contributed by atoms with E-state index in [1.807, 2.05) is 0 Å². The molecular formula is C12H9Cl2N3O5. The molecule has 1 aromatic carbocycles. The maximum Gasteiger partial charge on any atom is 0.289 e. The lowest BCUT2D eigenvalue weighted by molar-refractivity contribution is -0.384. The molecule has 0 bridgehead atoms. The van der Waals surface area contributed by atoms with Crippen molar-refractivity contribution in [2.24, 2.45) is 0 Å². The van der Waals surface area contributed by atoms with Crippen molar-refractivity contribution in [2.45, 2.75) is 0 Å². The third-order valence-corrected chi connectivity index (χ3v) is 3.45. The molecule has 8 nitrogen and oxygen atoms in total. The van der Waals surface area contributed by atoms with Gasteiger partial charge in [0.05, 0.1) is 28.8 Å². The van der Waals surface area contributed by atoms with Crippen LogP contribution in [-0.4, -0.2) is 39.9 Å². The number of carbonyl (C=O) groups excluding carboxylic acids is 2. The van der Waals surface area contributed by atoms with Gasteiger partial charge in [-0.1, -0.05) is 23.2 Å². The number of hydrogen-bond donors (Lipinski definition) is 2. The van der Waals surface area contributed by atoms with Crippen molar-refractivity contribution in [3.05, 3.63) is 44.1 Å². The van der Waals surface area contributed by atoms with Crippen molar-refractivity contribution < 1.29 is 19.6 Å². The lowest BCUT2D eigenvalue weighted by Gasteiger charge is -2.14. The molecule has 0 aromatic heterocycles. The summed E-state index contributed by atoms with van der Waals surface area (Å²) in [6.45, 7) is -0.489. The molecule has 0 saturated heterocycles. The Morgan fingerprint density at radius 1 is 1.27 bits per heavy atom. The van der Waals surface area contributed by atoms with Gasteiger partial charge in [0.2, 0.25) is 0 Å². The summed E-state index contributed by atoms with van der Waals surface area (Å²) in [5.74, 6) is -1.21. The van der Waals surface area contributed by atoms with Gasteiger partial charge in [0.25, 0.3) is 17.5 Å². The Labute approximate surface area is 134 Å². The molecule has 1 heterocycles. The number of nitrogens with one attached hydrogen (secondary N) is 1. The molecule has 0 fully saturated rings. The zero-order chi connectivity index (χ0) is 16.4. The Bertz CT molecular complexity index is 704. The Hall–Kier alpha value is -2.16. The number of aliphatic hydroxyl groups is 1. The molecule has 0 unspecified atom stereocenters. The lowest BCUT2D eigenvalue weighted by atomic mass is 10.2. The minimum atomic E-state index is -0.690. The Morgan fingerprint density at radius 3 is 2.55 bits per heavy atom. The maximum absolute atomic E-state index is 12.0. The van der Waals surface area contributed by atoms with Crippen LogP contribution in [-0.2, 0) is 9.59 Å². The van der Waals surface area contributed by atoms with E-state index in [0.717, 1.165) is 17.0 Å². The number of imide groups is 1. The van der Waals surface area contributed by atoms with E-state index in [0.29, 0.717) is 0 Å². The van der Waals surface area contributed by atoms with Crippen LogP contribution in [0, 0.1) is 10.1 Å². The molecule has 0 atom stereocenters. The number of β-amino-alcohol motifs (C(OH)–C–C–N with tert-alkyl or cyclic N) is 1. The Balaban J connectivity index is 2.27. The van der Waals surface area contributed by atoms with Gasteiger partial charge in [-0.3, -0.25) is 24.6 Å². The molecule has 116 valence electrons. The van der Waals surface area contributed by atoms with Crippen LogP contribution in [0.2, 0.25) is 10.0 Å². The highest BCUT2D eigenvalue weighted by molar-refractivity contribution is 6.37. The van der Waals surface area contributed by atoms with Crippen LogP contribution in [0.5, 0.6) is 0 Å². The zero-order valence-corrected chi connectivity index (χ0v) is 12.4. The second-order valence-electron chi connectivity index (χ2n) is 4.24. The van der Waals surface area contributed by atoms with Crippen molar-refractivity contribution in [3.8, 4) is 0 Å². The summed E-state index contributed by atoms with van der Waals surface area (Å²) in [4.78, 5) is 34.5. The summed E-state index contributed by atoms with van der Waals surface area (Å²) in [7, 11) is 0. The van der Waals surface area contributed by atoms with Crippen LogP contribution < -0.4 is 5.32 Å². The number of rotatable bonds is 5. The summed E-state index contributed by atoms with van der Waals surface area (Å²) >= 11 is 11.7. The number of aliphatic hydroxyl groups excluding tert-OH is 1. The molecule has 2 amide bonds. The SMILES string of the molecule is O=C1C=C(Nc2cc(Cl)c([N+](=O)[O-])cc2Cl)C(=O)N1CCO. The van der Waals surface area contributed by atoms with Crippen molar-refractivity contribution in [1.82, 2.24) is 4.90 Å². The fourth-order valence-electron chi connectivity index (χ4n) is 1.83. The average molecular weight is 346 g/mol. The Morgan fingerprint density at radius 2 is 1.95 bits per heavy atom. The van der Waals surface area contributed by atoms with Gasteiger partial charge in [0.1, 0.15) is 10.7 Å². The van der Waals surface area contributed by atoms with Gasteiger partial charge in [-0.2, -0.15) is 0 Å². The first-order valence-corrected chi connectivity index (χ1v) is 6.69. The summed E-state index contributed by atoms with van der Waals surface area (Å²) in [6, 6.07) is 2.23. The zero-order valence-electron chi connectivity index (χ0n) is 10.9. The number of carbonyl (C=O) groups is 2. The number of amides is 2. The third-order valence-electron chi connectivity index (χ3n) is 2.84. The number of hydrogen-bond acceptors (Lipinski definition) is 6. The van der Waals surface area contributed by atoms with Crippen LogP contribution in [0.15, 0.2) is 23.9 Å². The van der Waals surface area contributed by atoms with E-state index in [2.05, 4.69) is 5.32 Å². The molecule has 1 aliphatic heterocycles. The van der Waals surface area contributed by atoms with E-state index in [9.17, 15) is 19.7 Å². The molecule has 0 radical (unpaired) electrons. The lowest BCUT2D eigenvalue weighted by Crippen LogP contribution is -2.34. The largest absolute Gasteiger partial charge is 0.395 e. The minimum absolute atomic E-state index is 0.0298. The Kier molecular flexibility index (Phi) is 4.65. The molecule has 0 spiro atoms. The minimum Gasteiger partial charge on any atom is -0.395 e. The van der Waals surface area contributed by atoms with Gasteiger partial charge in [-0.15, -0.1) is 0 Å². The van der Waals surface area contributed by atoms with Gasteiger partial charge in [-0.25, -0.2) is 0 Å². The van der Waals surface area contributed by atoms with Crippen LogP contribution in [0.3, 0.4) is 0 Å². The maximum atomic E-state index is 12.0. The average Bonchev–Trinajstić information content (AvgIpc) is 2.70. The standard InChI is InChI=1S/C12H9Cl2N3O5/c13-6-4-10(17(21)22)7(14)3-8(6)15-9-5-11(19)16(1-2-18)12(9)20/h3-5,15,18H,1-2H2. The summed E-state index contributed by atoms with van der Waals surface area (Å²) in [5.41, 5.74) is -0.289. The van der Waals surface area contributed by atoms with Gasteiger partial charge in [0.15, 0.2) is 0 Å². The van der Waals surface area contributed by atoms with Gasteiger partial charge >= 0.3 is 0 Å². The first kappa shape index (κ1) is 16.2. The van der Waals surface area contributed by atoms with Crippen LogP contribution >= 0.6 is 23.2 Å². The second-order valence-corrected chi connectivity index (χ2v) is 5.06. The fourth-order valence-corrected chi connectivity index (χ4v) is 2.26. The third kappa shape index (κ3) is 3.03. The molecular weight excluding hydrogens is 337 g/mol. The van der Waals surface area contributed by atoms with Crippen molar-refractivity contribution in [3.63, 3.8) is 0 Å². The predicted octanol–water partition coefficient (Wildman–Crippen LogP) is 1.56. The highest BCUT2D eigenvalue weighted by Crippen LogP contribution is 2.35. The number of benzene rings is 1. The monoisotopic (exact) mass is 345 g/mol. The summed E-state index contributed by atoms with van der Waals surface area (Å²) in [6.07, 6.45) is 1.05. The van der Waals surface area contributed by atoms with Crippen molar-refractivity contribution in [1.29, 1.82) is 0 Å². The van der Waals surface area contributed by atoms with E-state index in [-0.39, 0.29) is 40.3 Å². The number of nitrogens with zero attached hydrogens (tertiary/aromatic N) is 2. The number of nitro benzene ring substituents is 1. The molecule has 2 N–H and O–H groups in total. The van der Waals surface area contributed by atoms with E-state index in [4.69, 9.17) is 28.3 Å². The molecule has 1 aliphatic rings. The number of halogens is 2. The summed E-state index contributed by atoms with van der Waals surface area (Å²) < 4.78 is 0. The summed E-state index contributed by atoms with van der Waals surface area (Å²) in [5, 5.41) is 22.0. The quantitative estimate of drug-likeness (QED) is 0.475. The first-order valence-electron chi connectivity index (χ1n) is 5.94. The van der Waals surface area contributed by atoms with Gasteiger partial charge < -0.3 is 10.4 Å². The molecule has 1 aromatic rings. The smallest absolute Gasteiger partial charge is 0.289 e. The molecule has 10 heteroatoms. The van der Waals surface area contributed by atoms with Crippen molar-refractivity contribution >= 4 is 46.4 Å².